The fraction of sp³-hybridized carbons (Fsp3) is 0.455. The van der Waals surface area contributed by atoms with Gasteiger partial charge in [0.05, 0.1) is 30.1 Å². The van der Waals surface area contributed by atoms with Gasteiger partial charge >= 0.3 is 0 Å². The summed E-state index contributed by atoms with van der Waals surface area (Å²) >= 11 is 1.51. The molecule has 0 aliphatic carbocycles. The van der Waals surface area contributed by atoms with E-state index in [2.05, 4.69) is 0 Å². The number of piperidine rings is 1. The Kier molecular flexibility index (Phi) is 5.69. The van der Waals surface area contributed by atoms with E-state index in [4.69, 9.17) is 4.74 Å². The van der Waals surface area contributed by atoms with Crippen molar-refractivity contribution in [2.45, 2.75) is 38.3 Å². The molecule has 2 aromatic rings. The topological polar surface area (TPSA) is 49.9 Å². The fourth-order valence-corrected chi connectivity index (χ4v) is 4.93. The van der Waals surface area contributed by atoms with Crippen LogP contribution in [0, 0.1) is 12.7 Å². The van der Waals surface area contributed by atoms with E-state index in [1.54, 1.807) is 23.1 Å². The minimum Gasteiger partial charge on any atom is -0.372 e. The minimum atomic E-state index is -0.473. The van der Waals surface area contributed by atoms with Gasteiger partial charge in [0.15, 0.2) is 0 Å². The van der Waals surface area contributed by atoms with Crippen LogP contribution in [0.15, 0.2) is 36.4 Å². The molecule has 0 saturated carbocycles. The van der Waals surface area contributed by atoms with Crippen LogP contribution in [0.2, 0.25) is 0 Å². The van der Waals surface area contributed by atoms with E-state index in [1.165, 1.54) is 17.4 Å². The third kappa shape index (κ3) is 4.36. The predicted octanol–water partition coefficient (Wildman–Crippen LogP) is 3.62. The van der Waals surface area contributed by atoms with E-state index in [0.29, 0.717) is 51.1 Å². The van der Waals surface area contributed by atoms with Crippen LogP contribution in [0.4, 0.5) is 4.39 Å². The summed E-state index contributed by atoms with van der Waals surface area (Å²) in [5, 5.41) is 0. The highest BCUT2D eigenvalue weighted by Crippen LogP contribution is 2.32. The Balaban J connectivity index is 1.44. The molecule has 1 aromatic heterocycles. The first kappa shape index (κ1) is 20.0. The number of nitrogens with zero attached hydrogens (tertiary/aromatic N) is 2. The molecule has 3 heterocycles. The Morgan fingerprint density at radius 1 is 1.21 bits per heavy atom. The first-order chi connectivity index (χ1) is 14.0. The number of benzene rings is 1. The molecule has 1 spiro atoms. The Hall–Kier alpha value is -2.25. The van der Waals surface area contributed by atoms with E-state index in [-0.39, 0.29) is 24.2 Å². The molecule has 4 rings (SSSR count). The second-order valence-corrected chi connectivity index (χ2v) is 9.11. The van der Waals surface area contributed by atoms with Gasteiger partial charge in [-0.1, -0.05) is 18.2 Å². The molecule has 0 N–H and O–H groups in total. The highest BCUT2D eigenvalue weighted by Gasteiger charge is 2.41. The van der Waals surface area contributed by atoms with Crippen LogP contribution in [0.5, 0.6) is 0 Å². The van der Waals surface area contributed by atoms with Crippen LogP contribution in [-0.2, 0) is 16.1 Å². The summed E-state index contributed by atoms with van der Waals surface area (Å²) < 4.78 is 20.2. The molecule has 2 fully saturated rings. The molecule has 5 nitrogen and oxygen atoms in total. The predicted molar refractivity (Wildman–Crippen MR) is 109 cm³/mol. The van der Waals surface area contributed by atoms with Gasteiger partial charge in [0.25, 0.3) is 5.91 Å². The van der Waals surface area contributed by atoms with Crippen molar-refractivity contribution in [3.05, 3.63) is 57.5 Å². The molecule has 2 amide bonds. The van der Waals surface area contributed by atoms with Crippen molar-refractivity contribution < 1.29 is 18.7 Å². The number of likely N-dealkylation sites (tertiary alicyclic amines) is 1. The zero-order valence-corrected chi connectivity index (χ0v) is 17.3. The second kappa shape index (κ2) is 8.24. The molecule has 0 radical (unpaired) electrons. The number of halogens is 1. The summed E-state index contributed by atoms with van der Waals surface area (Å²) in [4.78, 5) is 30.8. The minimum absolute atomic E-state index is 0.0160. The molecule has 29 heavy (non-hydrogen) atoms. The van der Waals surface area contributed by atoms with E-state index in [1.807, 2.05) is 24.0 Å². The van der Waals surface area contributed by atoms with Gasteiger partial charge in [-0.3, -0.25) is 9.59 Å². The molecule has 0 bridgehead atoms. The Bertz CT molecular complexity index is 905. The first-order valence-electron chi connectivity index (χ1n) is 9.97. The molecule has 2 saturated heterocycles. The van der Waals surface area contributed by atoms with Crippen molar-refractivity contribution in [2.75, 3.05) is 26.2 Å². The van der Waals surface area contributed by atoms with Crippen LogP contribution in [0.1, 0.15) is 39.4 Å². The zero-order valence-electron chi connectivity index (χ0n) is 16.5. The van der Waals surface area contributed by atoms with Crippen molar-refractivity contribution in [3.63, 3.8) is 0 Å². The lowest BCUT2D eigenvalue weighted by molar-refractivity contribution is -0.132. The first-order valence-corrected chi connectivity index (χ1v) is 10.8. The largest absolute Gasteiger partial charge is 0.372 e. The highest BCUT2D eigenvalue weighted by atomic mass is 32.1. The van der Waals surface area contributed by atoms with E-state index >= 15 is 0 Å². The lowest BCUT2D eigenvalue weighted by atomic mass is 9.90. The van der Waals surface area contributed by atoms with Gasteiger partial charge in [0, 0.05) is 30.1 Å². The summed E-state index contributed by atoms with van der Waals surface area (Å²) in [5.74, 6) is -0.255. The van der Waals surface area contributed by atoms with Crippen LogP contribution in [-0.4, -0.2) is 53.5 Å². The maximum absolute atomic E-state index is 14.1. The molecule has 1 aromatic carbocycles. The Morgan fingerprint density at radius 3 is 2.66 bits per heavy atom. The van der Waals surface area contributed by atoms with Gasteiger partial charge in [-0.15, -0.1) is 11.3 Å². The summed E-state index contributed by atoms with van der Waals surface area (Å²) in [5.41, 5.74) is 0.0399. The van der Waals surface area contributed by atoms with E-state index < -0.39 is 5.60 Å². The molecular weight excluding hydrogens is 391 g/mol. The van der Waals surface area contributed by atoms with Gasteiger partial charge < -0.3 is 14.5 Å². The van der Waals surface area contributed by atoms with Crippen molar-refractivity contribution >= 4 is 23.2 Å². The van der Waals surface area contributed by atoms with Crippen LogP contribution in [0.25, 0.3) is 0 Å². The van der Waals surface area contributed by atoms with Crippen molar-refractivity contribution in [2.24, 2.45) is 0 Å². The smallest absolute Gasteiger partial charge is 0.263 e. The maximum atomic E-state index is 14.1. The number of thiophene rings is 1. The van der Waals surface area contributed by atoms with Gasteiger partial charge in [-0.05, 0) is 38.0 Å². The van der Waals surface area contributed by atoms with Crippen molar-refractivity contribution in [1.29, 1.82) is 0 Å². The monoisotopic (exact) mass is 416 g/mol. The van der Waals surface area contributed by atoms with Crippen LogP contribution < -0.4 is 0 Å². The fourth-order valence-electron chi connectivity index (χ4n) is 4.10. The third-order valence-corrected chi connectivity index (χ3v) is 6.78. The SMILES string of the molecule is Cc1ccc(C(=O)N2CCC3(CC2)CN(Cc2ccccc2F)C(=O)CCO3)s1. The standard InChI is InChI=1S/C22H25FN2O3S/c1-16-6-7-19(29-16)21(27)24-11-9-22(10-12-24)15-25(20(26)8-13-28-22)14-17-4-2-3-5-18(17)23/h2-7H,8-15H2,1H3. The summed E-state index contributed by atoms with van der Waals surface area (Å²) in [7, 11) is 0. The lowest BCUT2D eigenvalue weighted by Crippen LogP contribution is -2.53. The van der Waals surface area contributed by atoms with Gasteiger partial charge in [-0.2, -0.15) is 0 Å². The van der Waals surface area contributed by atoms with Gasteiger partial charge in [0.1, 0.15) is 5.82 Å². The van der Waals surface area contributed by atoms with Gasteiger partial charge in [-0.25, -0.2) is 4.39 Å². The van der Waals surface area contributed by atoms with Crippen molar-refractivity contribution in [1.82, 2.24) is 9.80 Å². The number of carbonyl (C=O) groups is 2. The maximum Gasteiger partial charge on any atom is 0.263 e. The second-order valence-electron chi connectivity index (χ2n) is 7.83. The Labute approximate surface area is 174 Å². The average molecular weight is 417 g/mol. The molecule has 7 heteroatoms. The van der Waals surface area contributed by atoms with E-state index in [9.17, 15) is 14.0 Å². The summed E-state index contributed by atoms with van der Waals surface area (Å²) in [6.45, 7) is 4.22. The lowest BCUT2D eigenvalue weighted by Gasteiger charge is -2.42. The molecule has 2 aliphatic rings. The molecule has 0 unspecified atom stereocenters. The number of hydrogen-bond donors (Lipinski definition) is 0. The van der Waals surface area contributed by atoms with Crippen LogP contribution >= 0.6 is 11.3 Å². The highest BCUT2D eigenvalue weighted by molar-refractivity contribution is 7.13. The number of carbonyl (C=O) groups excluding carboxylic acids is 2. The van der Waals surface area contributed by atoms with E-state index in [0.717, 1.165) is 9.75 Å². The average Bonchev–Trinajstić information content (AvgIpc) is 3.09. The van der Waals surface area contributed by atoms with Crippen LogP contribution in [0.3, 0.4) is 0 Å². The Morgan fingerprint density at radius 2 is 1.97 bits per heavy atom. The number of ether oxygens (including phenoxy) is 1. The molecule has 0 atom stereocenters. The van der Waals surface area contributed by atoms with Gasteiger partial charge in [0.2, 0.25) is 5.91 Å². The molecule has 154 valence electrons. The molecular formula is C22H25FN2O3S. The quantitative estimate of drug-likeness (QED) is 0.768. The summed E-state index contributed by atoms with van der Waals surface area (Å²) in [6.07, 6.45) is 1.64. The zero-order chi connectivity index (χ0) is 20.4. The number of hydrogen-bond acceptors (Lipinski definition) is 4. The number of aryl methyl sites for hydroxylation is 1. The van der Waals surface area contributed by atoms with Crippen molar-refractivity contribution in [3.8, 4) is 0 Å². The molecule has 2 aliphatic heterocycles. The summed E-state index contributed by atoms with van der Waals surface area (Å²) in [6, 6.07) is 10.4. The number of rotatable bonds is 3. The number of amides is 2. The normalized spacial score (nSPS) is 19.4. The third-order valence-electron chi connectivity index (χ3n) is 5.79.